The molecule has 2 unspecified atom stereocenters. The molecule has 0 radical (unpaired) electrons. The topological polar surface area (TPSA) is 37.0 Å². The average molecular weight is 285 g/mol. The molecule has 2 atom stereocenters. The minimum Gasteiger partial charge on any atom is -0.383 e. The van der Waals surface area contributed by atoms with Gasteiger partial charge >= 0.3 is 0 Å². The van der Waals surface area contributed by atoms with Gasteiger partial charge in [0.2, 0.25) is 0 Å². The maximum atomic E-state index is 5.94. The van der Waals surface area contributed by atoms with Crippen molar-refractivity contribution < 1.29 is 9.47 Å². The second kappa shape index (κ2) is 8.95. The van der Waals surface area contributed by atoms with Gasteiger partial charge in [-0.2, -0.15) is 0 Å². The van der Waals surface area contributed by atoms with Crippen molar-refractivity contribution in [3.8, 4) is 0 Å². The van der Waals surface area contributed by atoms with E-state index in [2.05, 4.69) is 22.0 Å². The van der Waals surface area contributed by atoms with Crippen molar-refractivity contribution >= 4 is 0 Å². The Morgan fingerprint density at radius 1 is 1.35 bits per heavy atom. The highest BCUT2D eigenvalue weighted by Crippen LogP contribution is 2.18. The third-order valence-corrected chi connectivity index (χ3v) is 4.47. The molecular formula is C15H31N3O2. The van der Waals surface area contributed by atoms with Crippen LogP contribution in [0, 0.1) is 0 Å². The van der Waals surface area contributed by atoms with Crippen LogP contribution in [0.5, 0.6) is 0 Å². The predicted octanol–water partition coefficient (Wildman–Crippen LogP) is 0.408. The Hall–Kier alpha value is -0.200. The molecule has 2 aliphatic heterocycles. The van der Waals surface area contributed by atoms with Crippen molar-refractivity contribution in [2.75, 3.05) is 66.1 Å². The molecule has 2 heterocycles. The lowest BCUT2D eigenvalue weighted by molar-refractivity contribution is -0.0432. The predicted molar refractivity (Wildman–Crippen MR) is 81.2 cm³/mol. The van der Waals surface area contributed by atoms with Crippen LogP contribution in [0.25, 0.3) is 0 Å². The molecule has 2 fully saturated rings. The van der Waals surface area contributed by atoms with Crippen LogP contribution in [-0.2, 0) is 9.47 Å². The van der Waals surface area contributed by atoms with Crippen molar-refractivity contribution in [3.63, 3.8) is 0 Å². The number of methoxy groups -OCH3 is 1. The molecule has 0 aromatic heterocycles. The number of likely N-dealkylation sites (N-methyl/N-ethyl adjacent to an activating group) is 1. The molecule has 0 saturated carbocycles. The third kappa shape index (κ3) is 4.97. The molecule has 0 aromatic rings. The van der Waals surface area contributed by atoms with Crippen molar-refractivity contribution in [2.45, 2.75) is 31.9 Å². The van der Waals surface area contributed by atoms with E-state index in [4.69, 9.17) is 9.47 Å². The normalized spacial score (nSPS) is 29.1. The molecule has 0 bridgehead atoms. The standard InChI is InChI=1S/C15H31N3O2/c1-3-17-8-10-20-15(12-17)13-18-7-4-5-14(18)11-16-6-9-19-2/h14-16H,3-13H2,1-2H3. The Morgan fingerprint density at radius 3 is 3.05 bits per heavy atom. The fourth-order valence-electron chi connectivity index (χ4n) is 3.25. The van der Waals surface area contributed by atoms with Crippen molar-refractivity contribution in [3.05, 3.63) is 0 Å². The van der Waals surface area contributed by atoms with E-state index < -0.39 is 0 Å². The molecule has 5 nitrogen and oxygen atoms in total. The summed E-state index contributed by atoms with van der Waals surface area (Å²) in [6.45, 7) is 11.6. The van der Waals surface area contributed by atoms with Crippen LogP contribution >= 0.6 is 0 Å². The largest absolute Gasteiger partial charge is 0.383 e. The van der Waals surface area contributed by atoms with Gasteiger partial charge in [0.15, 0.2) is 0 Å². The van der Waals surface area contributed by atoms with Crippen LogP contribution in [0.15, 0.2) is 0 Å². The van der Waals surface area contributed by atoms with E-state index in [1.807, 2.05) is 0 Å². The van der Waals surface area contributed by atoms with E-state index in [1.54, 1.807) is 7.11 Å². The molecule has 2 rings (SSSR count). The monoisotopic (exact) mass is 285 g/mol. The molecule has 0 aliphatic carbocycles. The van der Waals surface area contributed by atoms with Crippen LogP contribution in [-0.4, -0.2) is 88.1 Å². The summed E-state index contributed by atoms with van der Waals surface area (Å²) in [5, 5.41) is 3.50. The van der Waals surface area contributed by atoms with Gasteiger partial charge in [0.05, 0.1) is 19.3 Å². The summed E-state index contributed by atoms with van der Waals surface area (Å²) in [6.07, 6.45) is 3.02. The van der Waals surface area contributed by atoms with E-state index in [1.165, 1.54) is 19.4 Å². The van der Waals surface area contributed by atoms with Gasteiger partial charge in [-0.1, -0.05) is 6.92 Å². The highest BCUT2D eigenvalue weighted by molar-refractivity contribution is 4.84. The van der Waals surface area contributed by atoms with Gasteiger partial charge in [-0.05, 0) is 25.9 Å². The number of nitrogens with zero attached hydrogens (tertiary/aromatic N) is 2. The Morgan fingerprint density at radius 2 is 2.25 bits per heavy atom. The van der Waals surface area contributed by atoms with Crippen molar-refractivity contribution in [2.24, 2.45) is 0 Å². The molecule has 118 valence electrons. The lowest BCUT2D eigenvalue weighted by atomic mass is 10.2. The summed E-state index contributed by atoms with van der Waals surface area (Å²) in [5.74, 6) is 0. The van der Waals surface area contributed by atoms with E-state index in [-0.39, 0.29) is 0 Å². The number of ether oxygens (including phenoxy) is 2. The molecule has 5 heteroatoms. The van der Waals surface area contributed by atoms with Gasteiger partial charge in [-0.25, -0.2) is 0 Å². The molecule has 0 aromatic carbocycles. The molecule has 0 amide bonds. The number of hydrogen-bond donors (Lipinski definition) is 1. The van der Waals surface area contributed by atoms with Crippen LogP contribution in [0.2, 0.25) is 0 Å². The maximum Gasteiger partial charge on any atom is 0.0829 e. The highest BCUT2D eigenvalue weighted by Gasteiger charge is 2.28. The summed E-state index contributed by atoms with van der Waals surface area (Å²) in [7, 11) is 1.75. The first-order valence-electron chi connectivity index (χ1n) is 8.11. The van der Waals surface area contributed by atoms with Gasteiger partial charge in [-0.3, -0.25) is 9.80 Å². The first-order chi connectivity index (χ1) is 9.83. The Labute approximate surface area is 123 Å². The van der Waals surface area contributed by atoms with Gasteiger partial charge in [-0.15, -0.1) is 0 Å². The fourth-order valence-corrected chi connectivity index (χ4v) is 3.25. The number of morpholine rings is 1. The molecule has 0 spiro atoms. The summed E-state index contributed by atoms with van der Waals surface area (Å²) in [6, 6.07) is 0.674. The molecule has 20 heavy (non-hydrogen) atoms. The minimum absolute atomic E-state index is 0.392. The first-order valence-corrected chi connectivity index (χ1v) is 8.11. The SMILES string of the molecule is CCN1CCOC(CN2CCCC2CNCCOC)C1. The Balaban J connectivity index is 1.70. The average Bonchev–Trinajstić information content (AvgIpc) is 2.91. The zero-order valence-corrected chi connectivity index (χ0v) is 13.1. The number of likely N-dealkylation sites (tertiary alicyclic amines) is 1. The Kier molecular flexibility index (Phi) is 7.24. The second-order valence-electron chi connectivity index (χ2n) is 5.87. The second-order valence-corrected chi connectivity index (χ2v) is 5.87. The fraction of sp³-hybridized carbons (Fsp3) is 1.00. The molecule has 2 saturated heterocycles. The minimum atomic E-state index is 0.392. The molecule has 1 N–H and O–H groups in total. The van der Waals surface area contributed by atoms with Gasteiger partial charge in [0, 0.05) is 45.9 Å². The quantitative estimate of drug-likeness (QED) is 0.654. The van der Waals surface area contributed by atoms with Gasteiger partial charge in [0.1, 0.15) is 0 Å². The van der Waals surface area contributed by atoms with Crippen LogP contribution < -0.4 is 5.32 Å². The smallest absolute Gasteiger partial charge is 0.0829 e. The van der Waals surface area contributed by atoms with Crippen LogP contribution in [0.1, 0.15) is 19.8 Å². The molecule has 2 aliphatic rings. The lowest BCUT2D eigenvalue weighted by Crippen LogP contribution is -2.49. The zero-order chi connectivity index (χ0) is 14.2. The van der Waals surface area contributed by atoms with E-state index in [9.17, 15) is 0 Å². The summed E-state index contributed by atoms with van der Waals surface area (Å²) >= 11 is 0. The van der Waals surface area contributed by atoms with Crippen LogP contribution in [0.3, 0.4) is 0 Å². The van der Waals surface area contributed by atoms with Gasteiger partial charge in [0.25, 0.3) is 0 Å². The van der Waals surface area contributed by atoms with E-state index >= 15 is 0 Å². The number of hydrogen-bond acceptors (Lipinski definition) is 5. The first kappa shape index (κ1) is 16.2. The third-order valence-electron chi connectivity index (χ3n) is 4.47. The number of rotatable bonds is 8. The number of nitrogens with one attached hydrogen (secondary N) is 1. The summed E-state index contributed by atoms with van der Waals surface area (Å²) < 4.78 is 11.0. The van der Waals surface area contributed by atoms with Crippen molar-refractivity contribution in [1.29, 1.82) is 0 Å². The summed E-state index contributed by atoms with van der Waals surface area (Å²) in [5.41, 5.74) is 0. The van der Waals surface area contributed by atoms with Crippen molar-refractivity contribution in [1.82, 2.24) is 15.1 Å². The van der Waals surface area contributed by atoms with E-state index in [0.29, 0.717) is 12.1 Å². The maximum absolute atomic E-state index is 5.94. The van der Waals surface area contributed by atoms with E-state index in [0.717, 1.165) is 52.5 Å². The Bertz CT molecular complexity index is 266. The summed E-state index contributed by atoms with van der Waals surface area (Å²) in [4.78, 5) is 5.11. The molecular weight excluding hydrogens is 254 g/mol. The highest BCUT2D eigenvalue weighted by atomic mass is 16.5. The zero-order valence-electron chi connectivity index (χ0n) is 13.1. The lowest BCUT2D eigenvalue weighted by Gasteiger charge is -2.35. The van der Waals surface area contributed by atoms with Crippen LogP contribution in [0.4, 0.5) is 0 Å². The van der Waals surface area contributed by atoms with Gasteiger partial charge < -0.3 is 14.8 Å².